The van der Waals surface area contributed by atoms with Crippen molar-refractivity contribution in [1.29, 1.82) is 0 Å². The Balaban J connectivity index is 2.69. The van der Waals surface area contributed by atoms with E-state index >= 15 is 0 Å². The van der Waals surface area contributed by atoms with Gasteiger partial charge in [0.15, 0.2) is 0 Å². The normalized spacial score (nSPS) is 12.0. The molecular weight excluding hydrogens is 289 g/mol. The molecule has 3 nitrogen and oxygen atoms in total. The molecule has 1 aromatic rings. The molecule has 1 atom stereocenters. The monoisotopic (exact) mass is 303 g/mol. The third-order valence-corrected chi connectivity index (χ3v) is 3.32. The topological polar surface area (TPSA) is 38.3 Å². The van der Waals surface area contributed by atoms with E-state index in [4.69, 9.17) is 4.74 Å². The summed E-state index contributed by atoms with van der Waals surface area (Å²) in [5, 5.41) is 2.66. The first-order valence-corrected chi connectivity index (χ1v) is 6.25. The number of alkyl halides is 1. The van der Waals surface area contributed by atoms with Crippen molar-refractivity contribution >= 4 is 21.8 Å². The summed E-state index contributed by atoms with van der Waals surface area (Å²) in [6.45, 7) is 2.47. The van der Waals surface area contributed by atoms with Crippen molar-refractivity contribution in [3.05, 3.63) is 29.6 Å². The Bertz CT molecular complexity index is 398. The molecule has 0 heterocycles. The lowest BCUT2D eigenvalue weighted by Crippen LogP contribution is -2.29. The van der Waals surface area contributed by atoms with E-state index in [9.17, 15) is 9.18 Å². The van der Waals surface area contributed by atoms with Crippen molar-refractivity contribution in [2.45, 2.75) is 18.2 Å². The van der Waals surface area contributed by atoms with Crippen molar-refractivity contribution in [3.63, 3.8) is 0 Å². The average molecular weight is 304 g/mol. The molecule has 0 saturated carbocycles. The highest BCUT2D eigenvalue weighted by molar-refractivity contribution is 9.09. The molecule has 1 N–H and O–H groups in total. The van der Waals surface area contributed by atoms with Gasteiger partial charge in [-0.1, -0.05) is 22.9 Å². The Hall–Kier alpha value is -1.10. The highest BCUT2D eigenvalue weighted by Gasteiger charge is 2.13. The van der Waals surface area contributed by atoms with Crippen LogP contribution >= 0.6 is 15.9 Å². The highest BCUT2D eigenvalue weighted by atomic mass is 79.9. The zero-order chi connectivity index (χ0) is 12.8. The van der Waals surface area contributed by atoms with Gasteiger partial charge in [-0.25, -0.2) is 4.39 Å². The lowest BCUT2D eigenvalue weighted by atomic mass is 10.2. The highest BCUT2D eigenvalue weighted by Crippen LogP contribution is 2.16. The Labute approximate surface area is 108 Å². The van der Waals surface area contributed by atoms with Gasteiger partial charge < -0.3 is 10.1 Å². The summed E-state index contributed by atoms with van der Waals surface area (Å²) in [7, 11) is 1.45. The van der Waals surface area contributed by atoms with E-state index in [0.717, 1.165) is 6.42 Å². The van der Waals surface area contributed by atoms with Crippen LogP contribution in [-0.2, 0) is 0 Å². The second-order valence-electron chi connectivity index (χ2n) is 3.56. The number of halogens is 2. The molecule has 17 heavy (non-hydrogen) atoms. The van der Waals surface area contributed by atoms with E-state index in [0.29, 0.717) is 12.3 Å². The summed E-state index contributed by atoms with van der Waals surface area (Å²) in [5.41, 5.74) is 0.0293. The fraction of sp³-hybridized carbons (Fsp3) is 0.417. The Morgan fingerprint density at radius 1 is 1.59 bits per heavy atom. The van der Waals surface area contributed by atoms with Crippen LogP contribution in [-0.4, -0.2) is 24.4 Å². The van der Waals surface area contributed by atoms with Crippen LogP contribution in [0.15, 0.2) is 18.2 Å². The molecule has 0 radical (unpaired) electrons. The van der Waals surface area contributed by atoms with Gasteiger partial charge in [-0.3, -0.25) is 4.79 Å². The summed E-state index contributed by atoms with van der Waals surface area (Å²) >= 11 is 3.39. The molecule has 0 aliphatic carbocycles. The molecular formula is C12H15BrFNO2. The zero-order valence-electron chi connectivity index (χ0n) is 9.80. The van der Waals surface area contributed by atoms with Crippen molar-refractivity contribution in [2.75, 3.05) is 13.7 Å². The van der Waals surface area contributed by atoms with E-state index in [1.165, 1.54) is 19.2 Å². The number of nitrogens with one attached hydrogen (secondary N) is 1. The second kappa shape index (κ2) is 6.59. The standard InChI is InChI=1S/C12H15BrFNO2/c1-3-8(13)7-15-12(16)10-5-4-9(17-2)6-11(10)14/h4-6,8H,3,7H2,1-2H3,(H,15,16). The van der Waals surface area contributed by atoms with Gasteiger partial charge in [0, 0.05) is 17.4 Å². The van der Waals surface area contributed by atoms with E-state index in [2.05, 4.69) is 21.2 Å². The molecule has 0 aliphatic rings. The SMILES string of the molecule is CCC(Br)CNC(=O)c1ccc(OC)cc1F. The van der Waals surface area contributed by atoms with Gasteiger partial charge in [-0.05, 0) is 18.6 Å². The summed E-state index contributed by atoms with van der Waals surface area (Å²) in [6.07, 6.45) is 0.894. The summed E-state index contributed by atoms with van der Waals surface area (Å²) in [5.74, 6) is -0.599. The Kier molecular flexibility index (Phi) is 5.41. The number of benzene rings is 1. The summed E-state index contributed by atoms with van der Waals surface area (Å²) in [6, 6.07) is 4.17. The minimum atomic E-state index is -0.579. The lowest BCUT2D eigenvalue weighted by Gasteiger charge is -2.10. The molecule has 0 aromatic heterocycles. The van der Waals surface area contributed by atoms with Crippen LogP contribution in [0.4, 0.5) is 4.39 Å². The van der Waals surface area contributed by atoms with Gasteiger partial charge >= 0.3 is 0 Å². The number of hydrogen-bond acceptors (Lipinski definition) is 2. The quantitative estimate of drug-likeness (QED) is 0.850. The minimum absolute atomic E-state index is 0.0293. The molecule has 94 valence electrons. The average Bonchev–Trinajstić information content (AvgIpc) is 2.35. The third-order valence-electron chi connectivity index (χ3n) is 2.35. The van der Waals surface area contributed by atoms with Crippen LogP contribution in [0.5, 0.6) is 5.75 Å². The Morgan fingerprint density at radius 3 is 2.82 bits per heavy atom. The van der Waals surface area contributed by atoms with Gasteiger partial charge in [-0.2, -0.15) is 0 Å². The molecule has 1 rings (SSSR count). The number of carbonyl (C=O) groups excluding carboxylic acids is 1. The number of amides is 1. The molecule has 5 heteroatoms. The van der Waals surface area contributed by atoms with Crippen LogP contribution in [0.1, 0.15) is 23.7 Å². The number of hydrogen-bond donors (Lipinski definition) is 1. The van der Waals surface area contributed by atoms with Crippen LogP contribution in [0.2, 0.25) is 0 Å². The van der Waals surface area contributed by atoms with E-state index in [1.54, 1.807) is 6.07 Å². The molecule has 0 fully saturated rings. The van der Waals surface area contributed by atoms with Gasteiger partial charge in [-0.15, -0.1) is 0 Å². The minimum Gasteiger partial charge on any atom is -0.497 e. The fourth-order valence-corrected chi connectivity index (χ4v) is 1.41. The first kappa shape index (κ1) is 14.0. The fourth-order valence-electron chi connectivity index (χ4n) is 1.25. The summed E-state index contributed by atoms with van der Waals surface area (Å²) < 4.78 is 18.4. The van der Waals surface area contributed by atoms with Gasteiger partial charge in [0.1, 0.15) is 11.6 Å². The first-order chi connectivity index (χ1) is 8.08. The molecule has 1 unspecified atom stereocenters. The van der Waals surface area contributed by atoms with Crippen molar-refractivity contribution in [2.24, 2.45) is 0 Å². The van der Waals surface area contributed by atoms with E-state index in [1.807, 2.05) is 6.92 Å². The van der Waals surface area contributed by atoms with Crippen molar-refractivity contribution in [1.82, 2.24) is 5.32 Å². The molecule has 0 aliphatic heterocycles. The van der Waals surface area contributed by atoms with Gasteiger partial charge in [0.05, 0.1) is 12.7 Å². The maximum absolute atomic E-state index is 13.5. The zero-order valence-corrected chi connectivity index (χ0v) is 11.4. The molecule has 1 amide bonds. The van der Waals surface area contributed by atoms with Crippen LogP contribution in [0.3, 0.4) is 0 Å². The lowest BCUT2D eigenvalue weighted by molar-refractivity contribution is 0.0950. The predicted octanol–water partition coefficient (Wildman–Crippen LogP) is 2.74. The Morgan fingerprint density at radius 2 is 2.29 bits per heavy atom. The van der Waals surface area contributed by atoms with Gasteiger partial charge in [0.25, 0.3) is 5.91 Å². The van der Waals surface area contributed by atoms with Gasteiger partial charge in [0.2, 0.25) is 0 Å². The van der Waals surface area contributed by atoms with Crippen LogP contribution < -0.4 is 10.1 Å². The van der Waals surface area contributed by atoms with Crippen LogP contribution in [0, 0.1) is 5.82 Å². The second-order valence-corrected chi connectivity index (χ2v) is 4.86. The number of methoxy groups -OCH3 is 1. The number of ether oxygens (including phenoxy) is 1. The van der Waals surface area contributed by atoms with Crippen molar-refractivity contribution < 1.29 is 13.9 Å². The van der Waals surface area contributed by atoms with Crippen LogP contribution in [0.25, 0.3) is 0 Å². The largest absolute Gasteiger partial charge is 0.497 e. The molecule has 1 aromatic carbocycles. The molecule has 0 spiro atoms. The first-order valence-electron chi connectivity index (χ1n) is 5.34. The number of carbonyl (C=O) groups is 1. The van der Waals surface area contributed by atoms with E-state index in [-0.39, 0.29) is 10.4 Å². The molecule has 0 bridgehead atoms. The third kappa shape index (κ3) is 4.00. The smallest absolute Gasteiger partial charge is 0.254 e. The summed E-state index contributed by atoms with van der Waals surface area (Å²) in [4.78, 5) is 11.9. The molecule has 0 saturated heterocycles. The van der Waals surface area contributed by atoms with Crippen molar-refractivity contribution in [3.8, 4) is 5.75 Å². The number of rotatable bonds is 5. The maximum Gasteiger partial charge on any atom is 0.254 e. The van der Waals surface area contributed by atoms with E-state index < -0.39 is 11.7 Å². The maximum atomic E-state index is 13.5. The predicted molar refractivity (Wildman–Crippen MR) is 68.3 cm³/mol.